The van der Waals surface area contributed by atoms with Crippen LogP contribution in [0, 0.1) is 19.8 Å². The van der Waals surface area contributed by atoms with Gasteiger partial charge in [0.2, 0.25) is 0 Å². The number of aliphatic imine (C=N–C) groups is 1. The van der Waals surface area contributed by atoms with Gasteiger partial charge in [-0.05, 0) is 45.7 Å². The molecule has 0 spiro atoms. The first-order valence-electron chi connectivity index (χ1n) is 9.70. The Kier molecular flexibility index (Phi) is 11.0. The zero-order valence-corrected chi connectivity index (χ0v) is 20.1. The molecule has 2 heterocycles. The van der Waals surface area contributed by atoms with E-state index in [2.05, 4.69) is 53.2 Å². The normalized spacial score (nSPS) is 16.6. The van der Waals surface area contributed by atoms with Gasteiger partial charge in [0.25, 0.3) is 0 Å². The van der Waals surface area contributed by atoms with E-state index in [4.69, 9.17) is 0 Å². The molecule has 26 heavy (non-hydrogen) atoms. The number of guanidine groups is 1. The van der Waals surface area contributed by atoms with Crippen LogP contribution in [0.25, 0.3) is 0 Å². The first kappa shape index (κ1) is 23.6. The molecule has 0 radical (unpaired) electrons. The van der Waals surface area contributed by atoms with Gasteiger partial charge in [0.15, 0.2) is 5.96 Å². The SMILES string of the molecule is CCC(CC)C(CNC(=NC)NCc1sc(C)nc1C)N1CCCC1.I. The van der Waals surface area contributed by atoms with Crippen molar-refractivity contribution in [2.75, 3.05) is 26.7 Å². The molecule has 0 amide bonds. The molecule has 2 rings (SSSR count). The summed E-state index contributed by atoms with van der Waals surface area (Å²) in [6.07, 6.45) is 5.16. The van der Waals surface area contributed by atoms with E-state index in [0.29, 0.717) is 6.04 Å². The van der Waals surface area contributed by atoms with Gasteiger partial charge in [-0.15, -0.1) is 35.3 Å². The average molecular weight is 494 g/mol. The lowest BCUT2D eigenvalue weighted by Gasteiger charge is -2.34. The second-order valence-corrected chi connectivity index (χ2v) is 8.22. The van der Waals surface area contributed by atoms with Gasteiger partial charge >= 0.3 is 0 Å². The topological polar surface area (TPSA) is 52.6 Å². The van der Waals surface area contributed by atoms with Crippen LogP contribution in [-0.2, 0) is 6.54 Å². The highest BCUT2D eigenvalue weighted by Crippen LogP contribution is 2.22. The van der Waals surface area contributed by atoms with Gasteiger partial charge in [-0.25, -0.2) is 4.98 Å². The van der Waals surface area contributed by atoms with E-state index < -0.39 is 0 Å². The molecule has 1 atom stereocenters. The van der Waals surface area contributed by atoms with Gasteiger partial charge in [0.1, 0.15) is 0 Å². The first-order chi connectivity index (χ1) is 12.1. The van der Waals surface area contributed by atoms with Crippen molar-refractivity contribution in [3.05, 3.63) is 15.6 Å². The molecule has 1 aromatic rings. The number of rotatable bonds is 8. The van der Waals surface area contributed by atoms with E-state index in [1.165, 1.54) is 43.6 Å². The van der Waals surface area contributed by atoms with Crippen molar-refractivity contribution in [3.8, 4) is 0 Å². The number of halogens is 1. The molecule has 0 bridgehead atoms. The Morgan fingerprint density at radius 3 is 2.35 bits per heavy atom. The van der Waals surface area contributed by atoms with Crippen LogP contribution in [0.4, 0.5) is 0 Å². The summed E-state index contributed by atoms with van der Waals surface area (Å²) in [6, 6.07) is 0.600. The van der Waals surface area contributed by atoms with Crippen LogP contribution in [0.5, 0.6) is 0 Å². The van der Waals surface area contributed by atoms with E-state index in [-0.39, 0.29) is 24.0 Å². The number of hydrogen-bond acceptors (Lipinski definition) is 4. The van der Waals surface area contributed by atoms with Gasteiger partial charge in [-0.3, -0.25) is 9.89 Å². The smallest absolute Gasteiger partial charge is 0.191 e. The van der Waals surface area contributed by atoms with E-state index in [1.54, 1.807) is 11.3 Å². The number of aromatic nitrogens is 1. The third kappa shape index (κ3) is 6.64. The molecule has 1 aromatic heterocycles. The van der Waals surface area contributed by atoms with Crippen molar-refractivity contribution in [1.29, 1.82) is 0 Å². The highest BCUT2D eigenvalue weighted by atomic mass is 127. The van der Waals surface area contributed by atoms with E-state index in [0.717, 1.165) is 35.7 Å². The number of aryl methyl sites for hydroxylation is 2. The summed E-state index contributed by atoms with van der Waals surface area (Å²) in [5.41, 5.74) is 1.12. The lowest BCUT2D eigenvalue weighted by Crippen LogP contribution is -2.49. The largest absolute Gasteiger partial charge is 0.355 e. The Labute approximate surface area is 180 Å². The zero-order chi connectivity index (χ0) is 18.2. The fraction of sp³-hybridized carbons (Fsp3) is 0.789. The van der Waals surface area contributed by atoms with Crippen LogP contribution in [0.3, 0.4) is 0 Å². The van der Waals surface area contributed by atoms with Crippen LogP contribution in [0.1, 0.15) is 55.1 Å². The Balaban J connectivity index is 0.00000338. The summed E-state index contributed by atoms with van der Waals surface area (Å²) in [5.74, 6) is 1.63. The minimum absolute atomic E-state index is 0. The second-order valence-electron chi connectivity index (χ2n) is 6.94. The second kappa shape index (κ2) is 12.1. The monoisotopic (exact) mass is 493 g/mol. The summed E-state index contributed by atoms with van der Waals surface area (Å²) in [4.78, 5) is 12.9. The molecule has 2 N–H and O–H groups in total. The molecule has 150 valence electrons. The molecule has 7 heteroatoms. The fourth-order valence-corrected chi connectivity index (χ4v) is 4.70. The van der Waals surface area contributed by atoms with Gasteiger partial charge < -0.3 is 10.6 Å². The lowest BCUT2D eigenvalue weighted by atomic mass is 9.93. The van der Waals surface area contributed by atoms with E-state index in [1.807, 2.05) is 7.05 Å². The van der Waals surface area contributed by atoms with Gasteiger partial charge in [-0.1, -0.05) is 26.7 Å². The molecule has 0 saturated carbocycles. The quantitative estimate of drug-likeness (QED) is 0.327. The van der Waals surface area contributed by atoms with Crippen LogP contribution in [0.2, 0.25) is 0 Å². The number of nitrogens with zero attached hydrogens (tertiary/aromatic N) is 3. The Hall–Kier alpha value is -0.410. The summed E-state index contributed by atoms with van der Waals surface area (Å²) >= 11 is 1.76. The van der Waals surface area contributed by atoms with Crippen molar-refractivity contribution in [1.82, 2.24) is 20.5 Å². The molecule has 0 aliphatic carbocycles. The Morgan fingerprint density at radius 1 is 1.19 bits per heavy atom. The summed E-state index contributed by atoms with van der Waals surface area (Å²) in [7, 11) is 1.85. The maximum Gasteiger partial charge on any atom is 0.191 e. The van der Waals surface area contributed by atoms with Crippen molar-refractivity contribution in [2.24, 2.45) is 10.9 Å². The first-order valence-corrected chi connectivity index (χ1v) is 10.5. The minimum Gasteiger partial charge on any atom is -0.355 e. The predicted octanol–water partition coefficient (Wildman–Crippen LogP) is 3.94. The number of thiazole rings is 1. The molecule has 1 aliphatic rings. The predicted molar refractivity (Wildman–Crippen MR) is 124 cm³/mol. The van der Waals surface area contributed by atoms with Gasteiger partial charge in [0.05, 0.1) is 17.2 Å². The van der Waals surface area contributed by atoms with E-state index in [9.17, 15) is 0 Å². The lowest BCUT2D eigenvalue weighted by molar-refractivity contribution is 0.166. The van der Waals surface area contributed by atoms with Gasteiger partial charge in [-0.2, -0.15) is 0 Å². The third-order valence-electron chi connectivity index (χ3n) is 5.32. The Bertz CT molecular complexity index is 548. The van der Waals surface area contributed by atoms with Crippen LogP contribution in [0.15, 0.2) is 4.99 Å². The molecule has 1 fully saturated rings. The van der Waals surface area contributed by atoms with Crippen molar-refractivity contribution in [3.63, 3.8) is 0 Å². The van der Waals surface area contributed by atoms with Crippen LogP contribution in [-0.4, -0.2) is 48.6 Å². The fourth-order valence-electron chi connectivity index (χ4n) is 3.82. The minimum atomic E-state index is 0. The Morgan fingerprint density at radius 2 is 1.85 bits per heavy atom. The highest BCUT2D eigenvalue weighted by Gasteiger charge is 2.27. The molecular formula is C19H36IN5S. The summed E-state index contributed by atoms with van der Waals surface area (Å²) in [6.45, 7) is 13.0. The number of nitrogens with one attached hydrogen (secondary N) is 2. The molecule has 5 nitrogen and oxygen atoms in total. The maximum atomic E-state index is 4.50. The zero-order valence-electron chi connectivity index (χ0n) is 17.0. The van der Waals surface area contributed by atoms with Crippen molar-refractivity contribution < 1.29 is 0 Å². The highest BCUT2D eigenvalue weighted by molar-refractivity contribution is 14.0. The average Bonchev–Trinajstić information content (AvgIpc) is 3.23. The third-order valence-corrected chi connectivity index (χ3v) is 6.39. The molecule has 1 saturated heterocycles. The molecule has 1 unspecified atom stereocenters. The van der Waals surface area contributed by atoms with Crippen molar-refractivity contribution in [2.45, 2.75) is 66.0 Å². The number of hydrogen-bond donors (Lipinski definition) is 2. The van der Waals surface area contributed by atoms with Crippen LogP contribution < -0.4 is 10.6 Å². The van der Waals surface area contributed by atoms with Gasteiger partial charge in [0, 0.05) is 24.5 Å². The van der Waals surface area contributed by atoms with E-state index >= 15 is 0 Å². The molecule has 1 aliphatic heterocycles. The number of likely N-dealkylation sites (tertiary alicyclic amines) is 1. The molecular weight excluding hydrogens is 457 g/mol. The summed E-state index contributed by atoms with van der Waals surface area (Å²) < 4.78 is 0. The van der Waals surface area contributed by atoms with Crippen molar-refractivity contribution >= 4 is 41.3 Å². The van der Waals surface area contributed by atoms with Crippen LogP contribution >= 0.6 is 35.3 Å². The molecule has 0 aromatic carbocycles. The standard InChI is InChI=1S/C19H35N5S.HI/c1-6-16(7-2)17(24-10-8-9-11-24)12-21-19(20-5)22-13-18-14(3)23-15(4)25-18;/h16-17H,6-13H2,1-5H3,(H2,20,21,22);1H. The maximum absolute atomic E-state index is 4.50. The summed E-state index contributed by atoms with van der Waals surface area (Å²) in [5, 5.41) is 8.15.